The van der Waals surface area contributed by atoms with Crippen LogP contribution in [0.3, 0.4) is 0 Å². The van der Waals surface area contributed by atoms with E-state index in [0.29, 0.717) is 0 Å². The van der Waals surface area contributed by atoms with E-state index in [1.807, 2.05) is 0 Å². The minimum atomic E-state index is -3.17. The van der Waals surface area contributed by atoms with Crippen molar-refractivity contribution < 1.29 is 17.9 Å². The molecular weight excluding hydrogens is 318 g/mol. The first kappa shape index (κ1) is 11.5. The molecule has 0 aromatic carbocycles. The topological polar surface area (TPSA) is 0 Å². The van der Waals surface area contributed by atoms with Gasteiger partial charge >= 0.3 is 109 Å². The van der Waals surface area contributed by atoms with E-state index >= 15 is 0 Å². The van der Waals surface area contributed by atoms with E-state index in [1.54, 1.807) is 0 Å². The summed E-state index contributed by atoms with van der Waals surface area (Å²) in [5.74, 6) is 0. The van der Waals surface area contributed by atoms with Crippen LogP contribution in [0.2, 0.25) is 0 Å². The Balaban J connectivity index is 2.26. The van der Waals surface area contributed by atoms with Crippen LogP contribution < -0.4 is 0 Å². The molecule has 1 aliphatic heterocycles. The third-order valence-electron chi connectivity index (χ3n) is 3.97. The molecule has 0 aromatic heterocycles. The Morgan fingerprint density at radius 1 is 1.00 bits per heavy atom. The van der Waals surface area contributed by atoms with Gasteiger partial charge in [0.1, 0.15) is 0 Å². The average molecular weight is 332 g/mol. The molecule has 0 amide bonds. The van der Waals surface area contributed by atoms with Crippen molar-refractivity contribution in [3.05, 3.63) is 42.0 Å². The molecule has 3 heteroatoms. The summed E-state index contributed by atoms with van der Waals surface area (Å²) in [6.45, 7) is 4.58. The fourth-order valence-corrected chi connectivity index (χ4v) is 13.7. The van der Waals surface area contributed by atoms with Crippen LogP contribution in [0.15, 0.2) is 42.0 Å². The monoisotopic (exact) mass is 330 g/mol. The van der Waals surface area contributed by atoms with Gasteiger partial charge in [-0.05, 0) is 0 Å². The molecule has 0 saturated heterocycles. The number of allylic oxidation sites excluding steroid dienone is 8. The third-order valence-corrected chi connectivity index (χ3v) is 15.4. The van der Waals surface area contributed by atoms with Gasteiger partial charge < -0.3 is 0 Å². The van der Waals surface area contributed by atoms with Gasteiger partial charge in [0.05, 0.1) is 0 Å². The maximum atomic E-state index is 6.78. The van der Waals surface area contributed by atoms with E-state index in [4.69, 9.17) is 17.0 Å². The first-order valence-corrected chi connectivity index (χ1v) is 14.4. The molecule has 2 aliphatic carbocycles. The second-order valence-electron chi connectivity index (χ2n) is 5.20. The van der Waals surface area contributed by atoms with Crippen molar-refractivity contribution in [3.63, 3.8) is 0 Å². The van der Waals surface area contributed by atoms with Gasteiger partial charge in [-0.1, -0.05) is 0 Å². The van der Waals surface area contributed by atoms with Crippen LogP contribution in [-0.2, 0) is 17.9 Å². The van der Waals surface area contributed by atoms with Crippen molar-refractivity contribution in [3.8, 4) is 0 Å². The van der Waals surface area contributed by atoms with Gasteiger partial charge in [-0.15, -0.1) is 0 Å². The van der Waals surface area contributed by atoms with E-state index in [0.717, 1.165) is 12.8 Å². The Kier molecular flexibility index (Phi) is 2.49. The summed E-state index contributed by atoms with van der Waals surface area (Å²) in [5, 5.41) is 0. The third kappa shape index (κ3) is 1.32. The molecule has 0 fully saturated rings. The molecule has 0 atom stereocenters. The van der Waals surface area contributed by atoms with E-state index in [-0.39, 0.29) is 5.41 Å². The van der Waals surface area contributed by atoms with Crippen LogP contribution >= 0.6 is 17.0 Å². The Morgan fingerprint density at radius 3 is 1.88 bits per heavy atom. The molecule has 3 aliphatic rings. The minimum absolute atomic E-state index is 0.106. The van der Waals surface area contributed by atoms with Crippen LogP contribution in [0.1, 0.15) is 26.7 Å². The van der Waals surface area contributed by atoms with Crippen LogP contribution in [0.4, 0.5) is 0 Å². The Labute approximate surface area is 108 Å². The maximum absolute atomic E-state index is 6.78. The van der Waals surface area contributed by atoms with Crippen molar-refractivity contribution >= 4 is 17.0 Å². The Bertz CT molecular complexity index is 448. The normalized spacial score (nSPS) is 28.8. The molecule has 0 bridgehead atoms. The van der Waals surface area contributed by atoms with Crippen LogP contribution in [0.5, 0.6) is 0 Å². The molecule has 84 valence electrons. The number of hydrogen-bond acceptors (Lipinski definition) is 0. The predicted molar refractivity (Wildman–Crippen MR) is 67.1 cm³/mol. The van der Waals surface area contributed by atoms with Crippen LogP contribution in [-0.4, -0.2) is 0 Å². The van der Waals surface area contributed by atoms with E-state index in [2.05, 4.69) is 38.2 Å². The summed E-state index contributed by atoms with van der Waals surface area (Å²) in [6, 6.07) is 0. The Morgan fingerprint density at radius 2 is 1.44 bits per heavy atom. The standard InChI is InChI=1S/C13H14.2ClH.Zr/c1-13(2,11-7-3-4-8-11)12-9-5-6-10-12;;;/h3,5,7,9H,4,6H2,1-2H3;2*1H;/q;;;+2/p-2. The van der Waals surface area contributed by atoms with E-state index in [1.165, 1.54) is 17.7 Å². The van der Waals surface area contributed by atoms with Crippen molar-refractivity contribution in [2.75, 3.05) is 0 Å². The van der Waals surface area contributed by atoms with Gasteiger partial charge in [-0.2, -0.15) is 0 Å². The first-order chi connectivity index (χ1) is 7.45. The summed E-state index contributed by atoms with van der Waals surface area (Å²) in [7, 11) is 13.6. The van der Waals surface area contributed by atoms with E-state index in [9.17, 15) is 0 Å². The zero-order chi connectivity index (χ0) is 11.6. The van der Waals surface area contributed by atoms with Crippen molar-refractivity contribution in [2.45, 2.75) is 26.7 Å². The Hall–Kier alpha value is 0.423. The summed E-state index contributed by atoms with van der Waals surface area (Å²) in [4.78, 5) is 0. The molecule has 0 radical (unpaired) electrons. The number of rotatable bonds is 0. The van der Waals surface area contributed by atoms with Gasteiger partial charge in [0, 0.05) is 0 Å². The second kappa shape index (κ2) is 3.47. The van der Waals surface area contributed by atoms with E-state index < -0.39 is 17.9 Å². The van der Waals surface area contributed by atoms with Crippen molar-refractivity contribution in [1.82, 2.24) is 0 Å². The van der Waals surface area contributed by atoms with Crippen LogP contribution in [0.25, 0.3) is 0 Å². The molecule has 0 saturated carbocycles. The molecule has 16 heavy (non-hydrogen) atoms. The van der Waals surface area contributed by atoms with Gasteiger partial charge in [-0.25, -0.2) is 0 Å². The van der Waals surface area contributed by atoms with Gasteiger partial charge in [-0.3, -0.25) is 0 Å². The predicted octanol–water partition coefficient (Wildman–Crippen LogP) is 4.92. The SMILES string of the molecule is CC1(C)C2=[C](CC=C2)[Zr]([Cl])([Cl])[C]2=C1C=CC2. The summed E-state index contributed by atoms with van der Waals surface area (Å²) >= 11 is -3.17. The molecule has 1 heterocycles. The molecule has 0 unspecified atom stereocenters. The van der Waals surface area contributed by atoms with Gasteiger partial charge in [0.2, 0.25) is 0 Å². The molecule has 0 N–H and O–H groups in total. The first-order valence-electron chi connectivity index (χ1n) is 5.65. The van der Waals surface area contributed by atoms with Crippen molar-refractivity contribution in [2.24, 2.45) is 5.41 Å². The molecule has 3 rings (SSSR count). The van der Waals surface area contributed by atoms with Crippen LogP contribution in [0, 0.1) is 5.41 Å². The fraction of sp³-hybridized carbons (Fsp3) is 0.385. The molecule has 0 spiro atoms. The van der Waals surface area contributed by atoms with Gasteiger partial charge in [0.25, 0.3) is 0 Å². The summed E-state index contributed by atoms with van der Waals surface area (Å²) in [5.41, 5.74) is 2.91. The van der Waals surface area contributed by atoms with Crippen molar-refractivity contribution in [1.29, 1.82) is 0 Å². The number of halogens is 2. The average Bonchev–Trinajstić information content (AvgIpc) is 2.86. The number of hydrogen-bond donors (Lipinski definition) is 0. The zero-order valence-corrected chi connectivity index (χ0v) is 13.4. The zero-order valence-electron chi connectivity index (χ0n) is 9.48. The summed E-state index contributed by atoms with van der Waals surface area (Å²) in [6.07, 6.45) is 10.9. The molecule has 0 nitrogen and oxygen atoms in total. The summed E-state index contributed by atoms with van der Waals surface area (Å²) < 4.78 is 2.79. The molecular formula is C13H14Cl2Zr. The second-order valence-corrected chi connectivity index (χ2v) is 18.8. The quantitative estimate of drug-likeness (QED) is 0.591. The fourth-order valence-electron chi connectivity index (χ4n) is 3.10. The van der Waals surface area contributed by atoms with Gasteiger partial charge in [0.15, 0.2) is 0 Å². The molecule has 0 aromatic rings.